The summed E-state index contributed by atoms with van der Waals surface area (Å²) in [6.07, 6.45) is 7.02. The van der Waals surface area contributed by atoms with Crippen molar-refractivity contribution in [3.63, 3.8) is 0 Å². The lowest BCUT2D eigenvalue weighted by atomic mass is 9.90. The van der Waals surface area contributed by atoms with Crippen molar-refractivity contribution >= 4 is 11.8 Å². The molecule has 7 heteroatoms. The summed E-state index contributed by atoms with van der Waals surface area (Å²) in [7, 11) is 3.82. The van der Waals surface area contributed by atoms with Crippen LogP contribution in [0.1, 0.15) is 61.3 Å². The van der Waals surface area contributed by atoms with Gasteiger partial charge in [0.15, 0.2) is 5.69 Å². The van der Waals surface area contributed by atoms with Crippen LogP contribution in [0.2, 0.25) is 0 Å². The molecule has 1 aromatic heterocycles. The van der Waals surface area contributed by atoms with Crippen molar-refractivity contribution in [2.75, 3.05) is 33.2 Å². The van der Waals surface area contributed by atoms with Gasteiger partial charge >= 0.3 is 0 Å². The first-order chi connectivity index (χ1) is 13.9. The summed E-state index contributed by atoms with van der Waals surface area (Å²) in [6, 6.07) is 0.137. The molecule has 1 atom stereocenters. The summed E-state index contributed by atoms with van der Waals surface area (Å²) in [5, 5.41) is 7.56. The molecular weight excluding hydrogens is 366 g/mol. The smallest absolute Gasteiger partial charge is 0.272 e. The number of likely N-dealkylation sites (N-methyl/N-ethyl adjacent to an activating group) is 1. The Bertz CT molecular complexity index is 778. The van der Waals surface area contributed by atoms with Crippen LogP contribution in [0.5, 0.6) is 0 Å². The summed E-state index contributed by atoms with van der Waals surface area (Å²) >= 11 is 0. The molecule has 2 aliphatic rings. The van der Waals surface area contributed by atoms with Crippen molar-refractivity contribution in [2.24, 2.45) is 7.05 Å². The number of amides is 2. The molecule has 1 aromatic rings. The number of aryl methyl sites for hydroxylation is 1. The molecule has 1 aliphatic heterocycles. The molecule has 3 rings (SSSR count). The van der Waals surface area contributed by atoms with E-state index in [0.29, 0.717) is 25.1 Å². The lowest BCUT2D eigenvalue weighted by Gasteiger charge is -2.32. The number of allylic oxidation sites excluding steroid dienone is 1. The second-order valence-electron chi connectivity index (χ2n) is 8.59. The van der Waals surface area contributed by atoms with Crippen LogP contribution in [0.3, 0.4) is 0 Å². The van der Waals surface area contributed by atoms with E-state index in [1.165, 1.54) is 5.57 Å². The zero-order chi connectivity index (χ0) is 21.0. The van der Waals surface area contributed by atoms with E-state index < -0.39 is 0 Å². The van der Waals surface area contributed by atoms with Crippen LogP contribution < -0.4 is 5.32 Å². The minimum Gasteiger partial charge on any atom is -0.351 e. The van der Waals surface area contributed by atoms with E-state index in [-0.39, 0.29) is 17.9 Å². The summed E-state index contributed by atoms with van der Waals surface area (Å²) in [5.41, 5.74) is 3.97. The van der Waals surface area contributed by atoms with Crippen LogP contribution in [-0.4, -0.2) is 70.7 Å². The Balaban J connectivity index is 1.79. The molecule has 1 N–H and O–H groups in total. The molecule has 0 saturated carbocycles. The van der Waals surface area contributed by atoms with Crippen LogP contribution in [0, 0.1) is 0 Å². The van der Waals surface area contributed by atoms with Crippen LogP contribution >= 0.6 is 0 Å². The number of nitrogens with one attached hydrogen (secondary N) is 1. The van der Waals surface area contributed by atoms with Crippen molar-refractivity contribution in [3.8, 4) is 0 Å². The third-order valence-corrected chi connectivity index (χ3v) is 6.14. The van der Waals surface area contributed by atoms with Crippen molar-refractivity contribution < 1.29 is 9.59 Å². The molecule has 0 aromatic carbocycles. The highest BCUT2D eigenvalue weighted by Gasteiger charge is 2.31. The van der Waals surface area contributed by atoms with E-state index in [2.05, 4.69) is 35.2 Å². The molecule has 0 radical (unpaired) electrons. The lowest BCUT2D eigenvalue weighted by molar-refractivity contribution is -0.132. The fourth-order valence-electron chi connectivity index (χ4n) is 4.31. The SMILES string of the molecule is CC(C)=CCN1CCCNC(=O)c2nn(C)c3c2CC(CC3)N(C)C(=O)CCC1. The van der Waals surface area contributed by atoms with Gasteiger partial charge in [0.2, 0.25) is 5.91 Å². The number of fused-ring (bicyclic) bond motifs is 1. The Morgan fingerprint density at radius 1 is 1.17 bits per heavy atom. The van der Waals surface area contributed by atoms with Gasteiger partial charge in [-0.15, -0.1) is 0 Å². The Hall–Kier alpha value is -2.15. The molecule has 0 fully saturated rings. The monoisotopic (exact) mass is 401 g/mol. The van der Waals surface area contributed by atoms with E-state index in [4.69, 9.17) is 0 Å². The summed E-state index contributed by atoms with van der Waals surface area (Å²) in [6.45, 7) is 7.53. The molecule has 2 heterocycles. The summed E-state index contributed by atoms with van der Waals surface area (Å²) in [4.78, 5) is 29.9. The third kappa shape index (κ3) is 5.26. The van der Waals surface area contributed by atoms with E-state index in [0.717, 1.165) is 56.6 Å². The maximum atomic E-state index is 12.8. The second-order valence-corrected chi connectivity index (χ2v) is 8.59. The van der Waals surface area contributed by atoms with Crippen molar-refractivity contribution in [2.45, 2.75) is 58.4 Å². The molecular formula is C22H35N5O2. The number of rotatable bonds is 2. The highest BCUT2D eigenvalue weighted by molar-refractivity contribution is 5.94. The molecule has 0 saturated heterocycles. The van der Waals surface area contributed by atoms with Crippen molar-refractivity contribution in [3.05, 3.63) is 28.6 Å². The van der Waals surface area contributed by atoms with Crippen LogP contribution in [0.15, 0.2) is 11.6 Å². The largest absolute Gasteiger partial charge is 0.351 e. The Labute approximate surface area is 174 Å². The van der Waals surface area contributed by atoms with Gasteiger partial charge < -0.3 is 10.2 Å². The first-order valence-corrected chi connectivity index (χ1v) is 10.8. The quantitative estimate of drug-likeness (QED) is 0.769. The van der Waals surface area contributed by atoms with Gasteiger partial charge in [-0.05, 0) is 52.5 Å². The first-order valence-electron chi connectivity index (χ1n) is 10.8. The van der Waals surface area contributed by atoms with Crippen molar-refractivity contribution in [1.29, 1.82) is 0 Å². The summed E-state index contributed by atoms with van der Waals surface area (Å²) < 4.78 is 1.84. The predicted molar refractivity (Wildman–Crippen MR) is 114 cm³/mol. The van der Waals surface area contributed by atoms with E-state index in [9.17, 15) is 9.59 Å². The number of nitrogens with zero attached hydrogens (tertiary/aromatic N) is 4. The fraction of sp³-hybridized carbons (Fsp3) is 0.682. The van der Waals surface area contributed by atoms with Crippen molar-refractivity contribution in [1.82, 2.24) is 24.9 Å². The highest BCUT2D eigenvalue weighted by atomic mass is 16.2. The maximum Gasteiger partial charge on any atom is 0.272 e. The van der Waals surface area contributed by atoms with Gasteiger partial charge in [-0.2, -0.15) is 5.10 Å². The first kappa shape index (κ1) is 21.6. The number of hydrogen-bond donors (Lipinski definition) is 1. The van der Waals surface area contributed by atoms with Gasteiger partial charge in [-0.1, -0.05) is 11.6 Å². The predicted octanol–water partition coefficient (Wildman–Crippen LogP) is 1.92. The Morgan fingerprint density at radius 3 is 2.69 bits per heavy atom. The molecule has 0 spiro atoms. The number of carbonyl (C=O) groups is 2. The zero-order valence-corrected chi connectivity index (χ0v) is 18.3. The van der Waals surface area contributed by atoms with Gasteiger partial charge in [0.25, 0.3) is 5.91 Å². The number of aromatic nitrogens is 2. The van der Waals surface area contributed by atoms with Gasteiger partial charge in [0.05, 0.1) is 0 Å². The normalized spacial score (nSPS) is 21.9. The Morgan fingerprint density at radius 2 is 1.93 bits per heavy atom. The lowest BCUT2D eigenvalue weighted by Crippen LogP contribution is -2.41. The van der Waals surface area contributed by atoms with Crippen LogP contribution in [0.4, 0.5) is 0 Å². The fourth-order valence-corrected chi connectivity index (χ4v) is 4.31. The molecule has 1 aliphatic carbocycles. The number of carbonyl (C=O) groups excluding carboxylic acids is 2. The molecule has 1 unspecified atom stereocenters. The van der Waals surface area contributed by atoms with Gasteiger partial charge in [-0.3, -0.25) is 19.2 Å². The maximum absolute atomic E-state index is 12.8. The second kappa shape index (κ2) is 9.57. The number of hydrogen-bond acceptors (Lipinski definition) is 4. The molecule has 2 bridgehead atoms. The van der Waals surface area contributed by atoms with Gasteiger partial charge in [0, 0.05) is 57.4 Å². The topological polar surface area (TPSA) is 70.5 Å². The third-order valence-electron chi connectivity index (χ3n) is 6.14. The molecule has 29 heavy (non-hydrogen) atoms. The molecule has 7 nitrogen and oxygen atoms in total. The average molecular weight is 402 g/mol. The van der Waals surface area contributed by atoms with E-state index >= 15 is 0 Å². The highest BCUT2D eigenvalue weighted by Crippen LogP contribution is 2.27. The zero-order valence-electron chi connectivity index (χ0n) is 18.3. The van der Waals surface area contributed by atoms with E-state index in [1.54, 1.807) is 0 Å². The van der Waals surface area contributed by atoms with Gasteiger partial charge in [0.1, 0.15) is 0 Å². The Kier molecular flexibility index (Phi) is 7.11. The van der Waals surface area contributed by atoms with E-state index in [1.807, 2.05) is 23.7 Å². The molecule has 2 amide bonds. The average Bonchev–Trinajstić information content (AvgIpc) is 3.03. The minimum atomic E-state index is -0.0952. The standard InChI is InChI=1S/C22H35N5O2/c1-16(2)10-14-27-12-5-7-20(28)25(3)17-8-9-19-18(15-17)21(24-26(19)4)22(29)23-11-6-13-27/h10,17H,5-9,11-15H2,1-4H3,(H,23,29). The minimum absolute atomic E-state index is 0.0952. The summed E-state index contributed by atoms with van der Waals surface area (Å²) in [5.74, 6) is 0.104. The van der Waals surface area contributed by atoms with Crippen LogP contribution in [0.25, 0.3) is 0 Å². The van der Waals surface area contributed by atoms with Gasteiger partial charge in [-0.25, -0.2) is 0 Å². The molecule has 160 valence electrons. The van der Waals surface area contributed by atoms with Crippen LogP contribution in [-0.2, 0) is 24.7 Å².